The average Bonchev–Trinajstić information content (AvgIpc) is 2.82. The van der Waals surface area contributed by atoms with E-state index in [1.807, 2.05) is 13.0 Å². The van der Waals surface area contributed by atoms with Gasteiger partial charge in [-0.25, -0.2) is 15.4 Å². The second kappa shape index (κ2) is 6.63. The zero-order chi connectivity index (χ0) is 12.8. The van der Waals surface area contributed by atoms with Gasteiger partial charge in [-0.15, -0.1) is 0 Å². The molecule has 1 atom stereocenters. The first-order chi connectivity index (χ1) is 8.78. The second-order valence-corrected chi connectivity index (χ2v) is 4.39. The molecule has 0 spiro atoms. The van der Waals surface area contributed by atoms with E-state index in [1.165, 1.54) is 0 Å². The first-order valence-corrected chi connectivity index (χ1v) is 6.07. The largest absolute Gasteiger partial charge is 0.381 e. The summed E-state index contributed by atoms with van der Waals surface area (Å²) in [6.45, 7) is 4.55. The zero-order valence-corrected chi connectivity index (χ0v) is 10.8. The lowest BCUT2D eigenvalue weighted by molar-refractivity contribution is 0.126. The van der Waals surface area contributed by atoms with E-state index in [9.17, 15) is 0 Å². The molecule has 1 aromatic rings. The van der Waals surface area contributed by atoms with E-state index in [2.05, 4.69) is 15.4 Å². The molecule has 1 aromatic heterocycles. The van der Waals surface area contributed by atoms with Gasteiger partial charge in [0.15, 0.2) is 11.6 Å². The van der Waals surface area contributed by atoms with Crippen LogP contribution in [0, 0.1) is 12.8 Å². The van der Waals surface area contributed by atoms with Crippen molar-refractivity contribution < 1.29 is 14.3 Å². The van der Waals surface area contributed by atoms with Crippen molar-refractivity contribution in [2.45, 2.75) is 20.0 Å². The highest BCUT2D eigenvalue weighted by molar-refractivity contribution is 5.33. The topological polar surface area (TPSA) is 65.5 Å². The normalized spacial score (nSPS) is 19.1. The van der Waals surface area contributed by atoms with Gasteiger partial charge in [-0.05, 0) is 13.3 Å². The van der Waals surface area contributed by atoms with Crippen LogP contribution in [0.3, 0.4) is 0 Å². The lowest BCUT2D eigenvalue weighted by atomic mass is 10.1. The number of nitrogens with one attached hydrogen (secondary N) is 1. The number of nitrogens with zero attached hydrogens (tertiary/aromatic N) is 2. The monoisotopic (exact) mass is 253 g/mol. The predicted molar refractivity (Wildman–Crippen MR) is 66.0 cm³/mol. The summed E-state index contributed by atoms with van der Waals surface area (Å²) >= 11 is 0. The van der Waals surface area contributed by atoms with E-state index in [1.54, 1.807) is 7.11 Å². The Morgan fingerprint density at radius 3 is 3.11 bits per heavy atom. The molecule has 0 amide bonds. The number of aromatic nitrogens is 2. The van der Waals surface area contributed by atoms with Crippen molar-refractivity contribution in [2.75, 3.05) is 32.4 Å². The van der Waals surface area contributed by atoms with Crippen LogP contribution in [-0.4, -0.2) is 36.9 Å². The first-order valence-electron chi connectivity index (χ1n) is 6.07. The fourth-order valence-electron chi connectivity index (χ4n) is 1.82. The molecule has 6 heteroatoms. The molecule has 1 aliphatic heterocycles. The van der Waals surface area contributed by atoms with E-state index < -0.39 is 0 Å². The van der Waals surface area contributed by atoms with Gasteiger partial charge >= 0.3 is 0 Å². The van der Waals surface area contributed by atoms with Gasteiger partial charge in [-0.2, -0.15) is 0 Å². The van der Waals surface area contributed by atoms with Crippen LogP contribution in [0.1, 0.15) is 17.9 Å². The molecule has 1 N–H and O–H groups in total. The average molecular weight is 253 g/mol. The summed E-state index contributed by atoms with van der Waals surface area (Å²) in [7, 11) is 1.62. The lowest BCUT2D eigenvalue weighted by Gasteiger charge is -2.11. The maximum absolute atomic E-state index is 5.43. The molecule has 6 nitrogen and oxygen atoms in total. The summed E-state index contributed by atoms with van der Waals surface area (Å²) in [6.07, 6.45) is 1.05. The minimum Gasteiger partial charge on any atom is -0.381 e. The molecule has 0 saturated carbocycles. The van der Waals surface area contributed by atoms with Crippen molar-refractivity contribution in [1.82, 2.24) is 9.97 Å². The minimum atomic E-state index is 0.396. The van der Waals surface area contributed by atoms with Crippen molar-refractivity contribution in [2.24, 2.45) is 5.92 Å². The number of methoxy groups -OCH3 is 1. The highest BCUT2D eigenvalue weighted by Gasteiger charge is 2.15. The maximum Gasteiger partial charge on any atom is 0.156 e. The zero-order valence-electron chi connectivity index (χ0n) is 10.8. The van der Waals surface area contributed by atoms with Gasteiger partial charge in [-0.3, -0.25) is 4.84 Å². The number of hydrogen-bond acceptors (Lipinski definition) is 6. The molecule has 0 aromatic carbocycles. The van der Waals surface area contributed by atoms with Crippen LogP contribution in [-0.2, 0) is 20.9 Å². The Balaban J connectivity index is 1.83. The molecule has 0 aliphatic carbocycles. The summed E-state index contributed by atoms with van der Waals surface area (Å²) < 4.78 is 10.3. The van der Waals surface area contributed by atoms with Gasteiger partial charge in [0, 0.05) is 31.4 Å². The Morgan fingerprint density at radius 2 is 2.39 bits per heavy atom. The lowest BCUT2D eigenvalue weighted by Crippen LogP contribution is -2.14. The van der Waals surface area contributed by atoms with Crippen LogP contribution in [0.25, 0.3) is 0 Å². The van der Waals surface area contributed by atoms with Crippen molar-refractivity contribution in [3.8, 4) is 0 Å². The summed E-state index contributed by atoms with van der Waals surface area (Å²) in [5.41, 5.74) is 3.73. The van der Waals surface area contributed by atoms with Gasteiger partial charge in [0.1, 0.15) is 6.61 Å². The van der Waals surface area contributed by atoms with Crippen molar-refractivity contribution >= 4 is 5.82 Å². The fraction of sp³-hybridized carbons (Fsp3) is 0.667. The fourth-order valence-corrected chi connectivity index (χ4v) is 1.82. The predicted octanol–water partition coefficient (Wildman–Crippen LogP) is 1.31. The van der Waals surface area contributed by atoms with E-state index in [4.69, 9.17) is 14.3 Å². The first kappa shape index (κ1) is 13.2. The van der Waals surface area contributed by atoms with Crippen LogP contribution in [0.4, 0.5) is 5.82 Å². The van der Waals surface area contributed by atoms with E-state index >= 15 is 0 Å². The number of ether oxygens (including phenoxy) is 2. The van der Waals surface area contributed by atoms with Gasteiger partial charge in [0.25, 0.3) is 0 Å². The third-order valence-electron chi connectivity index (χ3n) is 2.69. The van der Waals surface area contributed by atoms with E-state index in [-0.39, 0.29) is 0 Å². The molecule has 1 aliphatic rings. The number of hydrogen-bond donors (Lipinski definition) is 1. The second-order valence-electron chi connectivity index (χ2n) is 4.39. The van der Waals surface area contributed by atoms with Crippen molar-refractivity contribution in [1.29, 1.82) is 0 Å². The van der Waals surface area contributed by atoms with Gasteiger partial charge < -0.3 is 9.47 Å². The van der Waals surface area contributed by atoms with Crippen LogP contribution in [0.5, 0.6) is 0 Å². The molecule has 0 radical (unpaired) electrons. The summed E-state index contributed by atoms with van der Waals surface area (Å²) in [5, 5.41) is 0. The summed E-state index contributed by atoms with van der Waals surface area (Å²) in [4.78, 5) is 14.0. The third-order valence-corrected chi connectivity index (χ3v) is 2.69. The van der Waals surface area contributed by atoms with Crippen LogP contribution < -0.4 is 5.48 Å². The molecule has 100 valence electrons. The maximum atomic E-state index is 5.43. The number of rotatable bonds is 6. The van der Waals surface area contributed by atoms with Gasteiger partial charge in [-0.1, -0.05) is 0 Å². The molecular weight excluding hydrogens is 234 g/mol. The SMILES string of the molecule is COCc1nc(C)cc(NOCC2CCOC2)n1. The van der Waals surface area contributed by atoms with Gasteiger partial charge in [0.2, 0.25) is 0 Å². The molecule has 2 rings (SSSR count). The molecular formula is C12H19N3O3. The molecule has 1 unspecified atom stereocenters. The molecule has 18 heavy (non-hydrogen) atoms. The number of aryl methyl sites for hydroxylation is 1. The quantitative estimate of drug-likeness (QED) is 0.771. The smallest absolute Gasteiger partial charge is 0.156 e. The third kappa shape index (κ3) is 3.90. The molecule has 1 fully saturated rings. The van der Waals surface area contributed by atoms with Crippen LogP contribution in [0.2, 0.25) is 0 Å². The Kier molecular flexibility index (Phi) is 4.86. The molecule has 2 heterocycles. The Labute approximate surface area is 107 Å². The Bertz CT molecular complexity index is 381. The van der Waals surface area contributed by atoms with E-state index in [0.717, 1.165) is 25.3 Å². The van der Waals surface area contributed by atoms with Crippen molar-refractivity contribution in [3.63, 3.8) is 0 Å². The minimum absolute atomic E-state index is 0.396. The Hall–Kier alpha value is -1.24. The van der Waals surface area contributed by atoms with Crippen molar-refractivity contribution in [3.05, 3.63) is 17.6 Å². The highest BCUT2D eigenvalue weighted by atomic mass is 16.6. The molecule has 0 bridgehead atoms. The standard InChI is InChI=1S/C12H19N3O3/c1-9-5-11(14-12(13-9)8-16-2)15-18-7-10-3-4-17-6-10/h5,10H,3-4,6-8H2,1-2H3,(H,13,14,15). The Morgan fingerprint density at radius 1 is 1.50 bits per heavy atom. The highest BCUT2D eigenvalue weighted by Crippen LogP contribution is 2.13. The summed E-state index contributed by atoms with van der Waals surface area (Å²) in [5.74, 6) is 1.78. The summed E-state index contributed by atoms with van der Waals surface area (Å²) in [6, 6.07) is 1.84. The van der Waals surface area contributed by atoms with Crippen LogP contribution >= 0.6 is 0 Å². The number of anilines is 1. The van der Waals surface area contributed by atoms with Crippen LogP contribution in [0.15, 0.2) is 6.07 Å². The van der Waals surface area contributed by atoms with E-state index in [0.29, 0.717) is 30.8 Å². The molecule has 1 saturated heterocycles. The van der Waals surface area contributed by atoms with Gasteiger partial charge in [0.05, 0.1) is 13.2 Å².